The molecule has 0 bridgehead atoms. The van der Waals surface area contributed by atoms with Crippen molar-refractivity contribution < 1.29 is 22.7 Å². The Labute approximate surface area is 198 Å². The molecule has 0 unspecified atom stereocenters. The Morgan fingerprint density at radius 3 is 2.38 bits per heavy atom. The van der Waals surface area contributed by atoms with Gasteiger partial charge < -0.3 is 14.8 Å². The lowest BCUT2D eigenvalue weighted by Crippen LogP contribution is -2.28. The zero-order valence-corrected chi connectivity index (χ0v) is 20.2. The van der Waals surface area contributed by atoms with E-state index in [-0.39, 0.29) is 26.5 Å². The zero-order valence-electron chi connectivity index (χ0n) is 17.9. The van der Waals surface area contributed by atoms with Crippen molar-refractivity contribution in [2.45, 2.75) is 44.0 Å². The summed E-state index contributed by atoms with van der Waals surface area (Å²) in [6.07, 6.45) is 2.11. The van der Waals surface area contributed by atoms with Gasteiger partial charge in [-0.15, -0.1) is 0 Å². The second-order valence-corrected chi connectivity index (χ2v) is 9.81. The van der Waals surface area contributed by atoms with E-state index in [0.29, 0.717) is 37.7 Å². The standard InChI is InChI=1S/C22H26Cl2N2O5S/c1-3-30-19-8-5-14(11-20(19)31-4-2)9-10-25-22(27)16-12-21(18(24)13-17(16)23)32(28,29)26-15-6-7-15/h5,8,11-13,15,26H,3-4,6-7,9-10H2,1-2H3,(H,25,27). The van der Waals surface area contributed by atoms with Crippen LogP contribution < -0.4 is 19.5 Å². The fourth-order valence-corrected chi connectivity index (χ4v) is 5.22. The number of nitrogens with one attached hydrogen (secondary N) is 2. The molecule has 2 aromatic carbocycles. The first-order valence-electron chi connectivity index (χ1n) is 10.4. The Balaban J connectivity index is 1.68. The van der Waals surface area contributed by atoms with Gasteiger partial charge in [0.25, 0.3) is 5.91 Å². The van der Waals surface area contributed by atoms with Crippen molar-refractivity contribution in [1.29, 1.82) is 0 Å². The summed E-state index contributed by atoms with van der Waals surface area (Å²) in [6.45, 7) is 5.16. The monoisotopic (exact) mass is 500 g/mol. The Bertz CT molecular complexity index is 1090. The minimum absolute atomic E-state index is 0.0301. The molecular weight excluding hydrogens is 475 g/mol. The van der Waals surface area contributed by atoms with Gasteiger partial charge >= 0.3 is 0 Å². The van der Waals surface area contributed by atoms with Gasteiger partial charge in [0.2, 0.25) is 10.0 Å². The van der Waals surface area contributed by atoms with Gasteiger partial charge in [0, 0.05) is 12.6 Å². The largest absolute Gasteiger partial charge is 0.490 e. The van der Waals surface area contributed by atoms with Crippen LogP contribution in [0.2, 0.25) is 10.0 Å². The maximum atomic E-state index is 12.7. The molecule has 1 fully saturated rings. The lowest BCUT2D eigenvalue weighted by molar-refractivity contribution is 0.0954. The van der Waals surface area contributed by atoms with Crippen LogP contribution in [-0.4, -0.2) is 40.1 Å². The van der Waals surface area contributed by atoms with Crippen LogP contribution in [0.1, 0.15) is 42.6 Å². The molecule has 1 aliphatic carbocycles. The van der Waals surface area contributed by atoms with Crippen molar-refractivity contribution in [3.05, 3.63) is 51.5 Å². The highest BCUT2D eigenvalue weighted by Crippen LogP contribution is 2.31. The number of sulfonamides is 1. The van der Waals surface area contributed by atoms with Crippen LogP contribution >= 0.6 is 23.2 Å². The van der Waals surface area contributed by atoms with Crippen molar-refractivity contribution in [1.82, 2.24) is 10.0 Å². The summed E-state index contributed by atoms with van der Waals surface area (Å²) in [5, 5.41) is 2.83. The summed E-state index contributed by atoms with van der Waals surface area (Å²) in [4.78, 5) is 12.5. The first kappa shape index (κ1) is 24.6. The van der Waals surface area contributed by atoms with Crippen LogP contribution in [-0.2, 0) is 16.4 Å². The van der Waals surface area contributed by atoms with Gasteiger partial charge in [0.05, 0.1) is 28.8 Å². The fourth-order valence-electron chi connectivity index (χ4n) is 3.06. The minimum Gasteiger partial charge on any atom is -0.490 e. The third-order valence-corrected chi connectivity index (χ3v) is 7.06. The van der Waals surface area contributed by atoms with Gasteiger partial charge in [-0.3, -0.25) is 4.79 Å². The average Bonchev–Trinajstić information content (AvgIpc) is 3.53. The molecular formula is C22H26Cl2N2O5S. The van der Waals surface area contributed by atoms with E-state index in [4.69, 9.17) is 32.7 Å². The van der Waals surface area contributed by atoms with Crippen LogP contribution in [0.25, 0.3) is 0 Å². The van der Waals surface area contributed by atoms with E-state index in [9.17, 15) is 13.2 Å². The maximum Gasteiger partial charge on any atom is 0.252 e. The first-order chi connectivity index (χ1) is 15.2. The van der Waals surface area contributed by atoms with Gasteiger partial charge in [-0.05, 0) is 62.9 Å². The van der Waals surface area contributed by atoms with Crippen LogP contribution in [0.4, 0.5) is 0 Å². The van der Waals surface area contributed by atoms with E-state index in [1.165, 1.54) is 12.1 Å². The first-order valence-corrected chi connectivity index (χ1v) is 12.7. The van der Waals surface area contributed by atoms with Gasteiger partial charge in [0.15, 0.2) is 11.5 Å². The van der Waals surface area contributed by atoms with E-state index in [1.807, 2.05) is 32.0 Å². The van der Waals surface area contributed by atoms with Crippen LogP contribution in [0.5, 0.6) is 11.5 Å². The van der Waals surface area contributed by atoms with Crippen molar-refractivity contribution in [3.8, 4) is 11.5 Å². The van der Waals surface area contributed by atoms with Crippen molar-refractivity contribution in [2.75, 3.05) is 19.8 Å². The Kier molecular flexibility index (Phi) is 8.27. The number of rotatable bonds is 11. The van der Waals surface area contributed by atoms with Crippen molar-refractivity contribution in [3.63, 3.8) is 0 Å². The number of carbonyl (C=O) groups is 1. The normalized spacial score (nSPS) is 13.6. The topological polar surface area (TPSA) is 93.7 Å². The number of carbonyl (C=O) groups excluding carboxylic acids is 1. The summed E-state index contributed by atoms with van der Waals surface area (Å²) in [6, 6.07) is 8.04. The highest BCUT2D eigenvalue weighted by molar-refractivity contribution is 7.89. The summed E-state index contributed by atoms with van der Waals surface area (Å²) in [5.74, 6) is 0.839. The number of amides is 1. The van der Waals surface area contributed by atoms with Crippen LogP contribution in [0.3, 0.4) is 0 Å². The molecule has 0 radical (unpaired) electrons. The maximum absolute atomic E-state index is 12.7. The van der Waals surface area contributed by atoms with Gasteiger partial charge in [-0.2, -0.15) is 0 Å². The second-order valence-electron chi connectivity index (χ2n) is 7.31. The number of hydrogen-bond acceptors (Lipinski definition) is 5. The predicted molar refractivity (Wildman–Crippen MR) is 125 cm³/mol. The van der Waals surface area contributed by atoms with E-state index in [1.54, 1.807) is 0 Å². The summed E-state index contributed by atoms with van der Waals surface area (Å²) in [7, 11) is -3.83. The van der Waals surface area contributed by atoms with Crippen molar-refractivity contribution >= 4 is 39.1 Å². The molecule has 1 aliphatic rings. The van der Waals surface area contributed by atoms with Gasteiger partial charge in [-0.1, -0.05) is 29.3 Å². The molecule has 1 amide bonds. The number of ether oxygens (including phenoxy) is 2. The molecule has 1 saturated carbocycles. The minimum atomic E-state index is -3.83. The van der Waals surface area contributed by atoms with E-state index in [2.05, 4.69) is 10.0 Å². The lowest BCUT2D eigenvalue weighted by atomic mass is 10.1. The van der Waals surface area contributed by atoms with Gasteiger partial charge in [-0.25, -0.2) is 13.1 Å². The summed E-state index contributed by atoms with van der Waals surface area (Å²) in [5.41, 5.74) is 1.00. The SMILES string of the molecule is CCOc1ccc(CCNC(=O)c2cc(S(=O)(=O)NC3CC3)c(Cl)cc2Cl)cc1OCC. The zero-order chi connectivity index (χ0) is 23.3. The summed E-state index contributed by atoms with van der Waals surface area (Å²) >= 11 is 12.3. The van der Waals surface area contributed by atoms with Gasteiger partial charge in [0.1, 0.15) is 4.90 Å². The highest BCUT2D eigenvalue weighted by atomic mass is 35.5. The lowest BCUT2D eigenvalue weighted by Gasteiger charge is -2.13. The molecule has 2 aromatic rings. The molecule has 0 aromatic heterocycles. The third kappa shape index (κ3) is 6.28. The molecule has 2 N–H and O–H groups in total. The Morgan fingerprint density at radius 1 is 1.03 bits per heavy atom. The molecule has 0 atom stereocenters. The molecule has 174 valence electrons. The molecule has 32 heavy (non-hydrogen) atoms. The smallest absolute Gasteiger partial charge is 0.252 e. The second kappa shape index (κ2) is 10.7. The Hall–Kier alpha value is -2.00. The summed E-state index contributed by atoms with van der Waals surface area (Å²) < 4.78 is 38.9. The van der Waals surface area contributed by atoms with Crippen LogP contribution in [0.15, 0.2) is 35.2 Å². The molecule has 0 aliphatic heterocycles. The quantitative estimate of drug-likeness (QED) is 0.482. The van der Waals surface area contributed by atoms with E-state index in [0.717, 1.165) is 18.4 Å². The molecule has 0 spiro atoms. The highest BCUT2D eigenvalue weighted by Gasteiger charge is 2.30. The predicted octanol–water partition coefficient (Wildman–Crippen LogP) is 4.20. The van der Waals surface area contributed by atoms with Crippen LogP contribution in [0, 0.1) is 0 Å². The Morgan fingerprint density at radius 2 is 1.72 bits per heavy atom. The van der Waals surface area contributed by atoms with E-state index >= 15 is 0 Å². The number of benzene rings is 2. The molecule has 0 saturated heterocycles. The third-order valence-electron chi connectivity index (χ3n) is 4.76. The molecule has 7 nitrogen and oxygen atoms in total. The average molecular weight is 501 g/mol. The fraction of sp³-hybridized carbons (Fsp3) is 0.409. The van der Waals surface area contributed by atoms with Crippen molar-refractivity contribution in [2.24, 2.45) is 0 Å². The number of hydrogen-bond donors (Lipinski definition) is 2. The number of halogens is 2. The molecule has 10 heteroatoms. The molecule has 3 rings (SSSR count). The van der Waals surface area contributed by atoms with E-state index < -0.39 is 15.9 Å². The molecule has 0 heterocycles.